The molecule has 13 nitrogen and oxygen atoms in total. The van der Waals surface area contributed by atoms with E-state index in [0.717, 1.165) is 79.5 Å². The number of fused-ring (bicyclic) bond motifs is 2. The van der Waals surface area contributed by atoms with Crippen molar-refractivity contribution in [2.45, 2.75) is 84.2 Å². The van der Waals surface area contributed by atoms with Crippen molar-refractivity contribution < 1.29 is 28.7 Å². The maximum Gasteiger partial charge on any atom is 0.262 e. The lowest BCUT2D eigenvalue weighted by atomic mass is 9.49. The Morgan fingerprint density at radius 2 is 1.39 bits per heavy atom. The SMILES string of the molecule is CC1(C)[C@H](Oc2ccc(C#N)c(Cl)c2)C(C)(C)[C@H]1N1Cc2cc(N3CCN(C4CCN(c5ccc6c(c5)C(=O)N(C5CCC(=O)NC5=O)C6=O)CC4)CC3)ccc2C1=O. The van der Waals surface area contributed by atoms with E-state index in [1.807, 2.05) is 17.0 Å². The lowest BCUT2D eigenvalue weighted by molar-refractivity contribution is -0.199. The standard InChI is InChI=1S/C45H48ClN7O6/c1-44(2)42(45(3,4)43(44)59-31-8-5-26(24-47)35(46)23-31)52-25-27-21-29(6-9-32(27)39(52)56)51-19-17-50(18-20-51)28-13-15-49(16-14-28)30-7-10-33-34(22-30)41(58)53(40(33)57)36-11-12-37(54)48-38(36)55/h5-10,21-23,28,36,42-43H,11-20,25H2,1-4H3,(H,48,54,55)/t36?,42-,43-. The average molecular weight is 818 g/mol. The molecule has 5 amide bonds. The predicted octanol–water partition coefficient (Wildman–Crippen LogP) is 5.24. The van der Waals surface area contributed by atoms with Gasteiger partial charge in [0, 0.05) is 98.2 Å². The Morgan fingerprint density at radius 1 is 0.746 bits per heavy atom. The largest absolute Gasteiger partial charge is 0.489 e. The molecule has 0 bridgehead atoms. The van der Waals surface area contributed by atoms with Crippen LogP contribution in [0.2, 0.25) is 5.02 Å². The number of anilines is 2. The van der Waals surface area contributed by atoms with Crippen molar-refractivity contribution in [3.8, 4) is 11.8 Å². The molecule has 3 aromatic carbocycles. The van der Waals surface area contributed by atoms with Crippen LogP contribution in [0.25, 0.3) is 0 Å². The number of piperidine rings is 2. The highest BCUT2D eigenvalue weighted by Crippen LogP contribution is 2.59. The van der Waals surface area contributed by atoms with Crippen LogP contribution in [0.5, 0.6) is 5.75 Å². The molecule has 6 aliphatic rings. The van der Waals surface area contributed by atoms with Crippen molar-refractivity contribution in [2.75, 3.05) is 49.1 Å². The van der Waals surface area contributed by atoms with E-state index in [1.165, 1.54) is 0 Å². The van der Waals surface area contributed by atoms with Crippen LogP contribution in [0.1, 0.15) is 95.6 Å². The topological polar surface area (TPSA) is 147 Å². The molecule has 1 N–H and O–H groups in total. The molecule has 5 heterocycles. The Kier molecular flexibility index (Phi) is 9.51. The fraction of sp³-hybridized carbons (Fsp3) is 0.467. The Labute approximate surface area is 348 Å². The lowest BCUT2D eigenvalue weighted by Gasteiger charge is -2.65. The van der Waals surface area contributed by atoms with Crippen LogP contribution < -0.4 is 19.9 Å². The van der Waals surface area contributed by atoms with E-state index in [9.17, 15) is 29.2 Å². The number of imide groups is 2. The third-order valence-electron chi connectivity index (χ3n) is 13.8. The van der Waals surface area contributed by atoms with Crippen molar-refractivity contribution in [2.24, 2.45) is 10.8 Å². The van der Waals surface area contributed by atoms with Gasteiger partial charge in [-0.2, -0.15) is 5.26 Å². The summed E-state index contributed by atoms with van der Waals surface area (Å²) in [5.41, 5.74) is 4.18. The summed E-state index contributed by atoms with van der Waals surface area (Å²) in [7, 11) is 0. The number of benzene rings is 3. The quantitative estimate of drug-likeness (QED) is 0.314. The summed E-state index contributed by atoms with van der Waals surface area (Å²) in [5.74, 6) is -1.31. The third kappa shape index (κ3) is 6.43. The van der Waals surface area contributed by atoms with Gasteiger partial charge in [-0.15, -0.1) is 0 Å². The summed E-state index contributed by atoms with van der Waals surface area (Å²) < 4.78 is 6.50. The highest BCUT2D eigenvalue weighted by Gasteiger charge is 2.67. The molecule has 5 aliphatic heterocycles. The number of nitrogens with zero attached hydrogens (tertiary/aromatic N) is 6. The first-order chi connectivity index (χ1) is 28.2. The Bertz CT molecular complexity index is 2320. The number of ether oxygens (including phenoxy) is 1. The molecule has 9 rings (SSSR count). The number of rotatable bonds is 7. The van der Waals surface area contributed by atoms with E-state index in [-0.39, 0.29) is 41.7 Å². The molecule has 0 radical (unpaired) electrons. The first-order valence-electron chi connectivity index (χ1n) is 20.6. The van der Waals surface area contributed by atoms with Gasteiger partial charge in [0.25, 0.3) is 17.7 Å². The highest BCUT2D eigenvalue weighted by atomic mass is 35.5. The molecule has 14 heteroatoms. The van der Waals surface area contributed by atoms with Crippen LogP contribution in [0.15, 0.2) is 54.6 Å². The van der Waals surface area contributed by atoms with E-state index in [1.54, 1.807) is 30.3 Å². The second-order valence-corrected chi connectivity index (χ2v) is 18.4. The van der Waals surface area contributed by atoms with Gasteiger partial charge in [0.05, 0.1) is 21.7 Å². The fourth-order valence-electron chi connectivity index (χ4n) is 11.2. The molecule has 1 saturated carbocycles. The van der Waals surface area contributed by atoms with Gasteiger partial charge in [0.15, 0.2) is 0 Å². The van der Waals surface area contributed by atoms with Crippen molar-refractivity contribution in [1.82, 2.24) is 20.0 Å². The van der Waals surface area contributed by atoms with Gasteiger partial charge in [0.2, 0.25) is 11.8 Å². The molecule has 3 saturated heterocycles. The fourth-order valence-corrected chi connectivity index (χ4v) is 11.4. The van der Waals surface area contributed by atoms with Crippen LogP contribution >= 0.6 is 11.6 Å². The van der Waals surface area contributed by atoms with E-state index < -0.39 is 29.7 Å². The third-order valence-corrected chi connectivity index (χ3v) is 14.1. The Hall–Kier alpha value is -5.45. The zero-order valence-electron chi connectivity index (χ0n) is 33.8. The predicted molar refractivity (Wildman–Crippen MR) is 220 cm³/mol. The molecule has 306 valence electrons. The van der Waals surface area contributed by atoms with E-state index in [0.29, 0.717) is 40.0 Å². The number of piperazine rings is 1. The van der Waals surface area contributed by atoms with Crippen molar-refractivity contribution >= 4 is 52.5 Å². The number of nitriles is 1. The maximum atomic E-state index is 13.9. The average Bonchev–Trinajstić information content (AvgIpc) is 3.66. The van der Waals surface area contributed by atoms with Gasteiger partial charge in [-0.1, -0.05) is 39.3 Å². The number of halogens is 1. The number of nitrogens with one attached hydrogen (secondary N) is 1. The summed E-state index contributed by atoms with van der Waals surface area (Å²) in [6.07, 6.45) is 2.00. The molecule has 1 unspecified atom stereocenters. The molecule has 3 aromatic rings. The minimum absolute atomic E-state index is 0.0445. The van der Waals surface area contributed by atoms with Crippen molar-refractivity contribution in [1.29, 1.82) is 5.26 Å². The van der Waals surface area contributed by atoms with Gasteiger partial charge in [-0.3, -0.25) is 39.1 Å². The summed E-state index contributed by atoms with van der Waals surface area (Å²) in [6, 6.07) is 18.3. The van der Waals surface area contributed by atoms with E-state index in [4.69, 9.17) is 16.3 Å². The summed E-state index contributed by atoms with van der Waals surface area (Å²) in [6.45, 7) is 14.5. The molecule has 1 aliphatic carbocycles. The van der Waals surface area contributed by atoms with Crippen molar-refractivity contribution in [3.05, 3.63) is 87.4 Å². The molecule has 1 atom stereocenters. The first kappa shape index (κ1) is 39.0. The summed E-state index contributed by atoms with van der Waals surface area (Å²) >= 11 is 6.31. The smallest absolute Gasteiger partial charge is 0.262 e. The van der Waals surface area contributed by atoms with E-state index >= 15 is 0 Å². The minimum Gasteiger partial charge on any atom is -0.489 e. The number of hydrogen-bond donors (Lipinski definition) is 1. The van der Waals surface area contributed by atoms with Crippen LogP contribution in [0.3, 0.4) is 0 Å². The molecule has 0 spiro atoms. The number of carbonyl (C=O) groups is 5. The van der Waals surface area contributed by atoms with Crippen LogP contribution in [0.4, 0.5) is 11.4 Å². The lowest BCUT2D eigenvalue weighted by Crippen LogP contribution is -2.74. The van der Waals surface area contributed by atoms with E-state index in [2.05, 4.69) is 65.9 Å². The number of hydrogen-bond acceptors (Lipinski definition) is 10. The number of carbonyl (C=O) groups excluding carboxylic acids is 5. The van der Waals surface area contributed by atoms with Crippen molar-refractivity contribution in [3.63, 3.8) is 0 Å². The van der Waals surface area contributed by atoms with Gasteiger partial charge >= 0.3 is 0 Å². The molecular formula is C45H48ClN7O6. The summed E-state index contributed by atoms with van der Waals surface area (Å²) in [5, 5.41) is 11.9. The molecule has 59 heavy (non-hydrogen) atoms. The minimum atomic E-state index is -0.978. The van der Waals surface area contributed by atoms with Gasteiger partial charge in [-0.25, -0.2) is 0 Å². The van der Waals surface area contributed by atoms with Crippen LogP contribution in [-0.4, -0.2) is 108 Å². The Morgan fingerprint density at radius 3 is 2.05 bits per heavy atom. The highest BCUT2D eigenvalue weighted by molar-refractivity contribution is 6.31. The van der Waals surface area contributed by atoms with Crippen LogP contribution in [-0.2, 0) is 16.1 Å². The van der Waals surface area contributed by atoms with Gasteiger partial charge in [0.1, 0.15) is 24.0 Å². The van der Waals surface area contributed by atoms with Gasteiger partial charge < -0.3 is 19.4 Å². The zero-order valence-corrected chi connectivity index (χ0v) is 34.6. The normalized spacial score (nSPS) is 25.4. The molecule has 0 aromatic heterocycles. The summed E-state index contributed by atoms with van der Waals surface area (Å²) in [4.78, 5) is 74.9. The number of amides is 5. The maximum absolute atomic E-state index is 13.9. The van der Waals surface area contributed by atoms with Gasteiger partial charge in [-0.05, 0) is 73.4 Å². The van der Waals surface area contributed by atoms with Crippen LogP contribution in [0, 0.1) is 22.2 Å². The monoisotopic (exact) mass is 817 g/mol. The molecular weight excluding hydrogens is 770 g/mol. The zero-order chi connectivity index (χ0) is 41.5. The second kappa shape index (κ2) is 14.4. The first-order valence-corrected chi connectivity index (χ1v) is 20.9. The molecule has 4 fully saturated rings. The second-order valence-electron chi connectivity index (χ2n) is 18.0. The Balaban J connectivity index is 0.789.